The van der Waals surface area contributed by atoms with Gasteiger partial charge in [-0.25, -0.2) is 0 Å². The van der Waals surface area contributed by atoms with E-state index in [2.05, 4.69) is 61.0 Å². The highest BCUT2D eigenvalue weighted by Crippen LogP contribution is 2.18. The minimum Gasteiger partial charge on any atom is -0.392 e. The van der Waals surface area contributed by atoms with E-state index in [9.17, 15) is 0 Å². The van der Waals surface area contributed by atoms with E-state index in [4.69, 9.17) is 5.11 Å². The zero-order valence-electron chi connectivity index (χ0n) is 13.4. The summed E-state index contributed by atoms with van der Waals surface area (Å²) in [7, 11) is 0. The first-order chi connectivity index (χ1) is 10.5. The summed E-state index contributed by atoms with van der Waals surface area (Å²) in [5.74, 6) is 0. The van der Waals surface area contributed by atoms with Crippen LogP contribution in [0, 0.1) is 13.8 Å². The maximum atomic E-state index is 8.78. The average Bonchev–Trinajstić information content (AvgIpc) is 2.52. The lowest BCUT2D eigenvalue weighted by molar-refractivity contribution is 0.280. The summed E-state index contributed by atoms with van der Waals surface area (Å²) in [5.41, 5.74) is 4.45. The number of hydrogen-bond donors (Lipinski definition) is 2. The van der Waals surface area contributed by atoms with Crippen LogP contribution in [-0.2, 0) is 13.2 Å². The lowest BCUT2D eigenvalue weighted by Gasteiger charge is -2.06. The minimum atomic E-state index is 0. The quantitative estimate of drug-likeness (QED) is 0.703. The largest absolute Gasteiger partial charge is 0.392 e. The SMILES string of the molecule is CCNCc1cncc(Br)c1C.Cc1c(Br)cncc1CO.Cl. The predicted molar refractivity (Wildman–Crippen MR) is 104 cm³/mol. The molecule has 0 aliphatic heterocycles. The van der Waals surface area contributed by atoms with E-state index >= 15 is 0 Å². The fraction of sp³-hybridized carbons (Fsp3) is 0.375. The second-order valence-corrected chi connectivity index (χ2v) is 6.46. The van der Waals surface area contributed by atoms with Gasteiger partial charge in [-0.05, 0) is 74.5 Å². The molecule has 0 spiro atoms. The van der Waals surface area contributed by atoms with Crippen LogP contribution < -0.4 is 5.32 Å². The topological polar surface area (TPSA) is 58.0 Å². The summed E-state index contributed by atoms with van der Waals surface area (Å²) in [5, 5.41) is 12.1. The number of rotatable bonds is 4. The number of halogens is 3. The molecule has 0 aliphatic carbocycles. The van der Waals surface area contributed by atoms with Gasteiger partial charge in [-0.15, -0.1) is 12.4 Å². The molecule has 0 aliphatic rings. The van der Waals surface area contributed by atoms with Gasteiger partial charge in [-0.3, -0.25) is 9.97 Å². The Labute approximate surface area is 160 Å². The first-order valence-corrected chi connectivity index (χ1v) is 8.59. The van der Waals surface area contributed by atoms with E-state index in [0.717, 1.165) is 33.2 Å². The molecule has 0 radical (unpaired) electrons. The summed E-state index contributed by atoms with van der Waals surface area (Å²) in [4.78, 5) is 8.02. The van der Waals surface area contributed by atoms with Crippen LogP contribution in [0.25, 0.3) is 0 Å². The number of aliphatic hydroxyl groups excluding tert-OH is 1. The van der Waals surface area contributed by atoms with Crippen LogP contribution in [0.3, 0.4) is 0 Å². The zero-order chi connectivity index (χ0) is 16.5. The van der Waals surface area contributed by atoms with Gasteiger partial charge in [0.05, 0.1) is 6.61 Å². The zero-order valence-corrected chi connectivity index (χ0v) is 17.4. The van der Waals surface area contributed by atoms with E-state index in [0.29, 0.717) is 0 Å². The molecule has 0 saturated heterocycles. The number of nitrogens with zero attached hydrogens (tertiary/aromatic N) is 2. The first-order valence-electron chi connectivity index (χ1n) is 7.00. The van der Waals surface area contributed by atoms with Crippen LogP contribution >= 0.6 is 44.3 Å². The third-order valence-corrected chi connectivity index (χ3v) is 4.85. The fourth-order valence-corrected chi connectivity index (χ4v) is 2.42. The molecule has 7 heteroatoms. The van der Waals surface area contributed by atoms with Crippen LogP contribution in [0.1, 0.15) is 29.2 Å². The van der Waals surface area contributed by atoms with Gasteiger partial charge in [0.25, 0.3) is 0 Å². The highest BCUT2D eigenvalue weighted by atomic mass is 79.9. The number of hydrogen-bond acceptors (Lipinski definition) is 4. The van der Waals surface area contributed by atoms with Gasteiger partial charge in [-0.1, -0.05) is 6.92 Å². The van der Waals surface area contributed by atoms with Crippen molar-refractivity contribution in [3.05, 3.63) is 56.0 Å². The molecule has 0 saturated carbocycles. The maximum Gasteiger partial charge on any atom is 0.0699 e. The first kappa shape index (κ1) is 22.5. The molecular weight excluding hydrogens is 445 g/mol. The van der Waals surface area contributed by atoms with Crippen LogP contribution in [0.4, 0.5) is 0 Å². The molecule has 2 rings (SSSR count). The van der Waals surface area contributed by atoms with Crippen molar-refractivity contribution >= 4 is 44.3 Å². The van der Waals surface area contributed by atoms with E-state index in [1.54, 1.807) is 12.4 Å². The molecular formula is C16H22Br2ClN3O. The monoisotopic (exact) mass is 465 g/mol. The van der Waals surface area contributed by atoms with Gasteiger partial charge in [0, 0.05) is 40.3 Å². The van der Waals surface area contributed by atoms with Gasteiger partial charge in [0.15, 0.2) is 0 Å². The van der Waals surface area contributed by atoms with Crippen molar-refractivity contribution in [2.75, 3.05) is 6.54 Å². The third-order valence-electron chi connectivity index (χ3n) is 3.25. The molecule has 128 valence electrons. The molecule has 0 unspecified atom stereocenters. The van der Waals surface area contributed by atoms with E-state index in [1.807, 2.05) is 19.3 Å². The van der Waals surface area contributed by atoms with Crippen molar-refractivity contribution in [3.63, 3.8) is 0 Å². The summed E-state index contributed by atoms with van der Waals surface area (Å²) >= 11 is 6.76. The van der Waals surface area contributed by atoms with Gasteiger partial charge in [0.1, 0.15) is 0 Å². The molecule has 0 fully saturated rings. The maximum absolute atomic E-state index is 8.78. The predicted octanol–water partition coefficient (Wildman–Crippen LogP) is 4.33. The highest BCUT2D eigenvalue weighted by Gasteiger charge is 2.00. The Hall–Kier alpha value is -0.530. The standard InChI is InChI=1S/C9H13BrN2.C7H8BrNO.ClH/c1-3-11-4-8-5-12-6-9(10)7(8)2;1-5-6(4-10)2-9-3-7(5)8;/h5-6,11H,3-4H2,1-2H3;2-3,10H,4H2,1H3;1H. The summed E-state index contributed by atoms with van der Waals surface area (Å²) in [6, 6.07) is 0. The number of aliphatic hydroxyl groups is 1. The number of nitrogens with one attached hydrogen (secondary N) is 1. The Morgan fingerprint density at radius 1 is 0.957 bits per heavy atom. The Kier molecular flexibility index (Phi) is 11.6. The van der Waals surface area contributed by atoms with Crippen molar-refractivity contribution in [2.45, 2.75) is 33.9 Å². The van der Waals surface area contributed by atoms with Crippen LogP contribution in [-0.4, -0.2) is 21.6 Å². The van der Waals surface area contributed by atoms with E-state index < -0.39 is 0 Å². The normalized spacial score (nSPS) is 9.65. The van der Waals surface area contributed by atoms with Gasteiger partial charge < -0.3 is 10.4 Å². The lowest BCUT2D eigenvalue weighted by atomic mass is 10.1. The fourth-order valence-electron chi connectivity index (χ4n) is 1.68. The Bertz CT molecular complexity index is 612. The van der Waals surface area contributed by atoms with E-state index in [1.165, 1.54) is 11.1 Å². The van der Waals surface area contributed by atoms with Crippen molar-refractivity contribution < 1.29 is 5.11 Å². The molecule has 0 amide bonds. The smallest absolute Gasteiger partial charge is 0.0699 e. The van der Waals surface area contributed by atoms with Gasteiger partial charge in [-0.2, -0.15) is 0 Å². The van der Waals surface area contributed by atoms with Gasteiger partial charge in [0.2, 0.25) is 0 Å². The molecule has 4 nitrogen and oxygen atoms in total. The molecule has 2 aromatic heterocycles. The van der Waals surface area contributed by atoms with Crippen molar-refractivity contribution in [2.24, 2.45) is 0 Å². The van der Waals surface area contributed by atoms with Gasteiger partial charge >= 0.3 is 0 Å². The van der Waals surface area contributed by atoms with Crippen LogP contribution in [0.5, 0.6) is 0 Å². The summed E-state index contributed by atoms with van der Waals surface area (Å²) in [6.07, 6.45) is 7.11. The Morgan fingerprint density at radius 3 is 1.87 bits per heavy atom. The number of aromatic nitrogens is 2. The average molecular weight is 468 g/mol. The van der Waals surface area contributed by atoms with Crippen molar-refractivity contribution in [1.29, 1.82) is 0 Å². The molecule has 0 bridgehead atoms. The molecule has 0 aromatic carbocycles. The molecule has 2 aromatic rings. The molecule has 0 atom stereocenters. The second-order valence-electron chi connectivity index (χ2n) is 4.75. The van der Waals surface area contributed by atoms with Crippen LogP contribution in [0.2, 0.25) is 0 Å². The number of pyridine rings is 2. The van der Waals surface area contributed by atoms with Crippen molar-refractivity contribution in [3.8, 4) is 0 Å². The molecule has 23 heavy (non-hydrogen) atoms. The lowest BCUT2D eigenvalue weighted by Crippen LogP contribution is -2.12. The third kappa shape index (κ3) is 7.27. The minimum absolute atomic E-state index is 0. The molecule has 2 heterocycles. The summed E-state index contributed by atoms with van der Waals surface area (Å²) in [6.45, 7) is 8.08. The second kappa shape index (κ2) is 11.9. The molecule has 2 N–H and O–H groups in total. The highest BCUT2D eigenvalue weighted by molar-refractivity contribution is 9.10. The van der Waals surface area contributed by atoms with E-state index in [-0.39, 0.29) is 19.0 Å². The Balaban J connectivity index is 0.000000409. The summed E-state index contributed by atoms with van der Waals surface area (Å²) < 4.78 is 2.02. The van der Waals surface area contributed by atoms with Crippen molar-refractivity contribution in [1.82, 2.24) is 15.3 Å². The Morgan fingerprint density at radius 2 is 1.43 bits per heavy atom. The van der Waals surface area contributed by atoms with Crippen LogP contribution in [0.15, 0.2) is 33.7 Å².